The number of hydrogen-bond donors (Lipinski definition) is 1. The van der Waals surface area contributed by atoms with E-state index in [1.165, 1.54) is 24.9 Å². The molecule has 4 heteroatoms. The number of nitrogens with zero attached hydrogens (tertiary/aromatic N) is 1. The van der Waals surface area contributed by atoms with Gasteiger partial charge in [0.25, 0.3) is 5.91 Å². The Balaban J connectivity index is 1.71. The van der Waals surface area contributed by atoms with Gasteiger partial charge in [-0.2, -0.15) is 0 Å². The molecule has 0 aromatic heterocycles. The normalized spacial score (nSPS) is 17.4. The number of ether oxygens (including phenoxy) is 1. The number of methoxy groups -OCH3 is 1. The summed E-state index contributed by atoms with van der Waals surface area (Å²) in [6.07, 6.45) is 3.80. The molecule has 1 fully saturated rings. The first-order chi connectivity index (χ1) is 11.7. The van der Waals surface area contributed by atoms with E-state index < -0.39 is 0 Å². The van der Waals surface area contributed by atoms with Crippen LogP contribution >= 0.6 is 0 Å². The number of hydrogen-bond acceptors (Lipinski definition) is 3. The van der Waals surface area contributed by atoms with Crippen LogP contribution in [0.25, 0.3) is 0 Å². The van der Waals surface area contributed by atoms with Gasteiger partial charge in [0.1, 0.15) is 5.75 Å². The molecule has 0 aliphatic carbocycles. The van der Waals surface area contributed by atoms with Gasteiger partial charge in [0.15, 0.2) is 0 Å². The quantitative estimate of drug-likeness (QED) is 0.910. The fourth-order valence-electron chi connectivity index (χ4n) is 3.25. The number of piperidine rings is 1. The van der Waals surface area contributed by atoms with E-state index in [4.69, 9.17) is 4.74 Å². The lowest BCUT2D eigenvalue weighted by atomic mass is 10.0. The molecule has 1 amide bonds. The minimum absolute atomic E-state index is 0.161. The van der Waals surface area contributed by atoms with E-state index in [2.05, 4.69) is 29.3 Å². The van der Waals surface area contributed by atoms with Crippen molar-refractivity contribution in [3.8, 4) is 5.75 Å². The first kappa shape index (κ1) is 16.4. The summed E-state index contributed by atoms with van der Waals surface area (Å²) < 4.78 is 5.25. The van der Waals surface area contributed by atoms with Gasteiger partial charge < -0.3 is 15.0 Å². The number of carbonyl (C=O) groups is 1. The first-order valence-electron chi connectivity index (χ1n) is 8.50. The van der Waals surface area contributed by atoms with Crippen LogP contribution in [0.3, 0.4) is 0 Å². The maximum atomic E-state index is 12.4. The number of benzene rings is 2. The molecule has 24 heavy (non-hydrogen) atoms. The molecule has 2 aromatic carbocycles. The number of anilines is 2. The number of amides is 1. The SMILES string of the molecule is COc1ccccc1C(=O)Nc1ccc(N2CCCC[C@H]2C)cc1. The smallest absolute Gasteiger partial charge is 0.259 e. The van der Waals surface area contributed by atoms with Crippen LogP contribution in [0.1, 0.15) is 36.5 Å². The molecule has 1 N–H and O–H groups in total. The van der Waals surface area contributed by atoms with Gasteiger partial charge in [0, 0.05) is 24.0 Å². The van der Waals surface area contributed by atoms with E-state index in [-0.39, 0.29) is 5.91 Å². The molecule has 1 aliphatic rings. The number of carbonyl (C=O) groups excluding carboxylic acids is 1. The molecule has 2 aromatic rings. The Morgan fingerprint density at radius 3 is 2.58 bits per heavy atom. The average Bonchev–Trinajstić information content (AvgIpc) is 2.63. The zero-order valence-corrected chi connectivity index (χ0v) is 14.3. The minimum Gasteiger partial charge on any atom is -0.496 e. The number of rotatable bonds is 4. The highest BCUT2D eigenvalue weighted by Gasteiger charge is 2.18. The molecule has 1 atom stereocenters. The zero-order valence-electron chi connectivity index (χ0n) is 14.3. The monoisotopic (exact) mass is 324 g/mol. The summed E-state index contributed by atoms with van der Waals surface area (Å²) in [5, 5.41) is 2.94. The lowest BCUT2D eigenvalue weighted by Crippen LogP contribution is -2.37. The van der Waals surface area contributed by atoms with Crippen LogP contribution in [0.5, 0.6) is 5.75 Å². The largest absolute Gasteiger partial charge is 0.496 e. The summed E-state index contributed by atoms with van der Waals surface area (Å²) >= 11 is 0. The van der Waals surface area contributed by atoms with Gasteiger partial charge in [0.05, 0.1) is 12.7 Å². The van der Waals surface area contributed by atoms with Gasteiger partial charge in [-0.25, -0.2) is 0 Å². The molecular formula is C20H24N2O2. The third-order valence-corrected chi connectivity index (χ3v) is 4.61. The summed E-state index contributed by atoms with van der Waals surface area (Å²) in [7, 11) is 1.57. The van der Waals surface area contributed by atoms with Gasteiger partial charge in [-0.05, 0) is 62.6 Å². The first-order valence-corrected chi connectivity index (χ1v) is 8.50. The second-order valence-electron chi connectivity index (χ2n) is 6.24. The van der Waals surface area contributed by atoms with Gasteiger partial charge in [0.2, 0.25) is 0 Å². The molecule has 1 heterocycles. The van der Waals surface area contributed by atoms with Crippen molar-refractivity contribution in [2.24, 2.45) is 0 Å². The lowest BCUT2D eigenvalue weighted by molar-refractivity contribution is 0.102. The summed E-state index contributed by atoms with van der Waals surface area (Å²) in [5.41, 5.74) is 2.55. The molecule has 4 nitrogen and oxygen atoms in total. The molecule has 0 radical (unpaired) electrons. The topological polar surface area (TPSA) is 41.6 Å². The molecule has 126 valence electrons. The van der Waals surface area contributed by atoms with Crippen LogP contribution in [0.15, 0.2) is 48.5 Å². The number of nitrogens with one attached hydrogen (secondary N) is 1. The summed E-state index contributed by atoms with van der Waals surface area (Å²) in [4.78, 5) is 14.9. The highest BCUT2D eigenvalue weighted by molar-refractivity contribution is 6.06. The van der Waals surface area contributed by atoms with E-state index in [1.54, 1.807) is 19.2 Å². The highest BCUT2D eigenvalue weighted by Crippen LogP contribution is 2.26. The third kappa shape index (κ3) is 3.53. The molecule has 1 aliphatic heterocycles. The Hall–Kier alpha value is -2.49. The van der Waals surface area contributed by atoms with Gasteiger partial charge in [-0.3, -0.25) is 4.79 Å². The van der Waals surface area contributed by atoms with Gasteiger partial charge in [-0.15, -0.1) is 0 Å². The van der Waals surface area contributed by atoms with E-state index in [0.717, 1.165) is 12.2 Å². The second-order valence-corrected chi connectivity index (χ2v) is 6.24. The summed E-state index contributed by atoms with van der Waals surface area (Å²) in [5.74, 6) is 0.417. The fourth-order valence-corrected chi connectivity index (χ4v) is 3.25. The predicted molar refractivity (Wildman–Crippen MR) is 98.0 cm³/mol. The van der Waals surface area contributed by atoms with Crippen molar-refractivity contribution in [1.82, 2.24) is 0 Å². The minimum atomic E-state index is -0.161. The second kappa shape index (κ2) is 7.39. The average molecular weight is 324 g/mol. The van der Waals surface area contributed by atoms with Crippen LogP contribution < -0.4 is 15.0 Å². The fraction of sp³-hybridized carbons (Fsp3) is 0.350. The molecule has 0 spiro atoms. The van der Waals surface area contributed by atoms with Crippen molar-refractivity contribution >= 4 is 17.3 Å². The summed E-state index contributed by atoms with van der Waals surface area (Å²) in [6, 6.07) is 15.9. The lowest BCUT2D eigenvalue weighted by Gasteiger charge is -2.35. The molecule has 0 unspecified atom stereocenters. The van der Waals surface area contributed by atoms with E-state index in [1.807, 2.05) is 24.3 Å². The van der Waals surface area contributed by atoms with Crippen LogP contribution in [-0.4, -0.2) is 25.6 Å². The maximum absolute atomic E-state index is 12.4. The van der Waals surface area contributed by atoms with Crippen LogP contribution in [0, 0.1) is 0 Å². The Morgan fingerprint density at radius 2 is 1.88 bits per heavy atom. The van der Waals surface area contributed by atoms with E-state index in [9.17, 15) is 4.79 Å². The van der Waals surface area contributed by atoms with Crippen molar-refractivity contribution in [2.45, 2.75) is 32.2 Å². The van der Waals surface area contributed by atoms with Gasteiger partial charge in [-0.1, -0.05) is 12.1 Å². The molecular weight excluding hydrogens is 300 g/mol. The molecule has 1 saturated heterocycles. The Labute approximate surface area is 143 Å². The summed E-state index contributed by atoms with van der Waals surface area (Å²) in [6.45, 7) is 3.38. The molecule has 0 saturated carbocycles. The van der Waals surface area contributed by atoms with Crippen LogP contribution in [-0.2, 0) is 0 Å². The van der Waals surface area contributed by atoms with Crippen molar-refractivity contribution in [3.63, 3.8) is 0 Å². The van der Waals surface area contributed by atoms with Crippen molar-refractivity contribution in [1.29, 1.82) is 0 Å². The van der Waals surface area contributed by atoms with Crippen LogP contribution in [0.2, 0.25) is 0 Å². The standard InChI is InChI=1S/C20H24N2O2/c1-15-7-5-6-14-22(15)17-12-10-16(11-13-17)21-20(23)18-8-3-4-9-19(18)24-2/h3-4,8-13,15H,5-7,14H2,1-2H3,(H,21,23)/t15-/m1/s1. The van der Waals surface area contributed by atoms with Gasteiger partial charge >= 0.3 is 0 Å². The van der Waals surface area contributed by atoms with Crippen molar-refractivity contribution in [3.05, 3.63) is 54.1 Å². The maximum Gasteiger partial charge on any atom is 0.259 e. The molecule has 3 rings (SSSR count). The van der Waals surface area contributed by atoms with E-state index >= 15 is 0 Å². The van der Waals surface area contributed by atoms with Crippen LogP contribution in [0.4, 0.5) is 11.4 Å². The Bertz CT molecular complexity index is 697. The number of para-hydroxylation sites is 1. The molecule has 0 bridgehead atoms. The Morgan fingerprint density at radius 1 is 1.12 bits per heavy atom. The Kier molecular flexibility index (Phi) is 5.04. The zero-order chi connectivity index (χ0) is 16.9. The highest BCUT2D eigenvalue weighted by atomic mass is 16.5. The van der Waals surface area contributed by atoms with E-state index in [0.29, 0.717) is 17.4 Å². The predicted octanol–water partition coefficient (Wildman–Crippen LogP) is 4.33. The third-order valence-electron chi connectivity index (χ3n) is 4.61. The van der Waals surface area contributed by atoms with Crippen molar-refractivity contribution < 1.29 is 9.53 Å². The van der Waals surface area contributed by atoms with Crippen molar-refractivity contribution in [2.75, 3.05) is 23.9 Å².